The van der Waals surface area contributed by atoms with Gasteiger partial charge in [0.1, 0.15) is 12.5 Å². The van der Waals surface area contributed by atoms with Gasteiger partial charge in [0.2, 0.25) is 0 Å². The number of nitro groups is 1. The van der Waals surface area contributed by atoms with Crippen LogP contribution in [0.5, 0.6) is 0 Å². The highest BCUT2D eigenvalue weighted by Crippen LogP contribution is 2.32. The number of carbonyl (C=O) groups is 1. The summed E-state index contributed by atoms with van der Waals surface area (Å²) < 4.78 is 40.1. The molecule has 1 aromatic carbocycles. The maximum atomic E-state index is 13.0. The van der Waals surface area contributed by atoms with Crippen molar-refractivity contribution in [2.24, 2.45) is 0 Å². The van der Waals surface area contributed by atoms with Gasteiger partial charge in [-0.3, -0.25) is 14.9 Å². The van der Waals surface area contributed by atoms with Crippen LogP contribution in [0.3, 0.4) is 0 Å². The molecule has 0 saturated heterocycles. The molecular weight excluding hydrogens is 429 g/mol. The lowest BCUT2D eigenvalue weighted by molar-refractivity contribution is -0.385. The number of nitrogens with zero attached hydrogens (tertiary/aromatic N) is 5. The Morgan fingerprint density at radius 2 is 2.00 bits per heavy atom. The molecule has 1 amide bonds. The first-order chi connectivity index (χ1) is 14.1. The zero-order valence-electron chi connectivity index (χ0n) is 15.1. The number of benzene rings is 1. The molecule has 0 fully saturated rings. The SMILES string of the molecule is C[C@H](NC(=O)c1cc(Cl)cc(C(F)(F)F)c1)c1ncnn1-c1ccc([N+](=O)[O-])cn1. The summed E-state index contributed by atoms with van der Waals surface area (Å²) in [6.07, 6.45) is -2.44. The summed E-state index contributed by atoms with van der Waals surface area (Å²) >= 11 is 5.71. The van der Waals surface area contributed by atoms with E-state index in [4.69, 9.17) is 11.6 Å². The Labute approximate surface area is 171 Å². The molecule has 2 aromatic heterocycles. The van der Waals surface area contributed by atoms with Gasteiger partial charge >= 0.3 is 6.18 Å². The second-order valence-corrected chi connectivity index (χ2v) is 6.52. The van der Waals surface area contributed by atoms with E-state index in [0.29, 0.717) is 6.07 Å². The fourth-order valence-electron chi connectivity index (χ4n) is 2.56. The molecule has 0 bridgehead atoms. The maximum Gasteiger partial charge on any atom is 0.416 e. The van der Waals surface area contributed by atoms with Gasteiger partial charge in [0.25, 0.3) is 11.6 Å². The third-order valence-corrected chi connectivity index (χ3v) is 4.17. The summed E-state index contributed by atoms with van der Waals surface area (Å²) in [5, 5.41) is 17.0. The Balaban J connectivity index is 1.83. The molecule has 0 aliphatic heterocycles. The highest BCUT2D eigenvalue weighted by molar-refractivity contribution is 6.31. The van der Waals surface area contributed by atoms with E-state index in [1.807, 2.05) is 0 Å². The highest BCUT2D eigenvalue weighted by Gasteiger charge is 2.32. The van der Waals surface area contributed by atoms with Crippen molar-refractivity contribution in [1.82, 2.24) is 25.1 Å². The molecule has 0 radical (unpaired) electrons. The van der Waals surface area contributed by atoms with Crippen molar-refractivity contribution in [1.29, 1.82) is 0 Å². The fraction of sp³-hybridized carbons (Fsp3) is 0.176. The van der Waals surface area contributed by atoms with Crippen molar-refractivity contribution >= 4 is 23.2 Å². The Morgan fingerprint density at radius 1 is 1.27 bits per heavy atom. The molecule has 9 nitrogen and oxygen atoms in total. The number of aromatic nitrogens is 4. The Morgan fingerprint density at radius 3 is 2.60 bits per heavy atom. The molecule has 0 aliphatic rings. The summed E-state index contributed by atoms with van der Waals surface area (Å²) in [7, 11) is 0. The van der Waals surface area contributed by atoms with Crippen molar-refractivity contribution < 1.29 is 22.9 Å². The van der Waals surface area contributed by atoms with Crippen LogP contribution in [0.25, 0.3) is 5.82 Å². The number of carbonyl (C=O) groups excluding carboxylic acids is 1. The van der Waals surface area contributed by atoms with Crippen molar-refractivity contribution in [3.63, 3.8) is 0 Å². The van der Waals surface area contributed by atoms with Gasteiger partial charge < -0.3 is 5.32 Å². The fourth-order valence-corrected chi connectivity index (χ4v) is 2.80. The summed E-state index contributed by atoms with van der Waals surface area (Å²) in [6.45, 7) is 1.54. The van der Waals surface area contributed by atoms with Gasteiger partial charge in [-0.2, -0.15) is 23.0 Å². The van der Waals surface area contributed by atoms with Crippen LogP contribution >= 0.6 is 11.6 Å². The number of pyridine rings is 1. The Hall–Kier alpha value is -3.54. The van der Waals surface area contributed by atoms with E-state index in [0.717, 1.165) is 18.3 Å². The monoisotopic (exact) mass is 440 g/mol. The van der Waals surface area contributed by atoms with Crippen LogP contribution in [0.4, 0.5) is 18.9 Å². The number of halogens is 4. The van der Waals surface area contributed by atoms with Crippen LogP contribution in [-0.4, -0.2) is 30.6 Å². The van der Waals surface area contributed by atoms with Crippen LogP contribution in [0.2, 0.25) is 5.02 Å². The standard InChI is InChI=1S/C17H12ClF3N6O3/c1-9(25-16(28)10-4-11(17(19,20)21)6-12(18)5-10)15-23-8-24-26(15)14-3-2-13(7-22-14)27(29)30/h2-9H,1H3,(H,25,28)/t9-/m0/s1. The predicted octanol–water partition coefficient (Wildman–Crippen LogP) is 3.73. The van der Waals surface area contributed by atoms with E-state index in [1.54, 1.807) is 6.92 Å². The van der Waals surface area contributed by atoms with E-state index < -0.39 is 28.6 Å². The molecule has 0 spiro atoms. The third-order valence-electron chi connectivity index (χ3n) is 3.96. The first-order valence-corrected chi connectivity index (χ1v) is 8.63. The first kappa shape index (κ1) is 21.2. The van der Waals surface area contributed by atoms with Crippen LogP contribution in [-0.2, 0) is 6.18 Å². The van der Waals surface area contributed by atoms with Gasteiger partial charge in [-0.05, 0) is 31.2 Å². The highest BCUT2D eigenvalue weighted by atomic mass is 35.5. The topological polar surface area (TPSA) is 116 Å². The molecule has 30 heavy (non-hydrogen) atoms. The number of nitrogens with one attached hydrogen (secondary N) is 1. The van der Waals surface area contributed by atoms with E-state index in [1.165, 1.54) is 23.1 Å². The average Bonchev–Trinajstić information content (AvgIpc) is 3.16. The molecule has 3 aromatic rings. The van der Waals surface area contributed by atoms with Crippen LogP contribution < -0.4 is 5.32 Å². The average molecular weight is 441 g/mol. The number of rotatable bonds is 5. The van der Waals surface area contributed by atoms with Crippen molar-refractivity contribution in [2.75, 3.05) is 0 Å². The van der Waals surface area contributed by atoms with Gasteiger partial charge in [-0.1, -0.05) is 11.6 Å². The first-order valence-electron chi connectivity index (χ1n) is 8.25. The summed E-state index contributed by atoms with van der Waals surface area (Å²) in [5.41, 5.74) is -1.55. The molecule has 156 valence electrons. The molecule has 1 N–H and O–H groups in total. The summed E-state index contributed by atoms with van der Waals surface area (Å²) in [4.78, 5) is 30.6. The molecule has 2 heterocycles. The largest absolute Gasteiger partial charge is 0.416 e. The number of amides is 1. The number of alkyl halides is 3. The van der Waals surface area contributed by atoms with E-state index in [2.05, 4.69) is 20.4 Å². The summed E-state index contributed by atoms with van der Waals surface area (Å²) in [6, 6.07) is 4.31. The van der Waals surface area contributed by atoms with Crippen molar-refractivity contribution in [2.45, 2.75) is 19.1 Å². The van der Waals surface area contributed by atoms with Crippen molar-refractivity contribution in [3.8, 4) is 5.82 Å². The summed E-state index contributed by atoms with van der Waals surface area (Å²) in [5.74, 6) is -0.388. The minimum Gasteiger partial charge on any atom is -0.342 e. The zero-order valence-corrected chi connectivity index (χ0v) is 15.8. The van der Waals surface area contributed by atoms with Gasteiger partial charge in [-0.15, -0.1) is 0 Å². The zero-order chi connectivity index (χ0) is 22.1. The van der Waals surface area contributed by atoms with Crippen LogP contribution in [0, 0.1) is 10.1 Å². The van der Waals surface area contributed by atoms with Gasteiger partial charge in [0.15, 0.2) is 11.6 Å². The van der Waals surface area contributed by atoms with Crippen molar-refractivity contribution in [3.05, 3.63) is 74.9 Å². The molecule has 3 rings (SSSR count). The molecule has 0 aliphatic carbocycles. The molecule has 0 unspecified atom stereocenters. The molecule has 1 atom stereocenters. The minimum absolute atomic E-state index is 0.205. The Kier molecular flexibility index (Phi) is 5.69. The second-order valence-electron chi connectivity index (χ2n) is 6.08. The van der Waals surface area contributed by atoms with Crippen LogP contribution in [0.1, 0.15) is 34.7 Å². The molecular formula is C17H12ClF3N6O3. The van der Waals surface area contributed by atoms with E-state index >= 15 is 0 Å². The maximum absolute atomic E-state index is 13.0. The number of hydrogen-bond acceptors (Lipinski definition) is 6. The van der Waals surface area contributed by atoms with E-state index in [9.17, 15) is 28.1 Å². The predicted molar refractivity (Wildman–Crippen MR) is 98.1 cm³/mol. The lowest BCUT2D eigenvalue weighted by Crippen LogP contribution is -2.29. The van der Waals surface area contributed by atoms with Crippen LogP contribution in [0.15, 0.2) is 42.9 Å². The molecule has 13 heteroatoms. The van der Waals surface area contributed by atoms with Gasteiger partial charge in [0.05, 0.1) is 16.5 Å². The minimum atomic E-state index is -4.66. The smallest absolute Gasteiger partial charge is 0.342 e. The normalized spacial score (nSPS) is 12.4. The Bertz CT molecular complexity index is 1100. The quantitative estimate of drug-likeness (QED) is 0.477. The molecule has 0 saturated carbocycles. The lowest BCUT2D eigenvalue weighted by atomic mass is 10.1. The third kappa shape index (κ3) is 4.54. The van der Waals surface area contributed by atoms with E-state index in [-0.39, 0.29) is 27.9 Å². The van der Waals surface area contributed by atoms with Gasteiger partial charge in [-0.25, -0.2) is 9.97 Å². The lowest BCUT2D eigenvalue weighted by Gasteiger charge is -2.15. The second kappa shape index (κ2) is 8.06. The van der Waals surface area contributed by atoms with Gasteiger partial charge in [0, 0.05) is 16.7 Å². The number of hydrogen-bond donors (Lipinski definition) is 1.